The molecule has 0 saturated carbocycles. The highest BCUT2D eigenvalue weighted by Crippen LogP contribution is 2.32. The number of methoxy groups -OCH3 is 1. The van der Waals surface area contributed by atoms with Crippen molar-refractivity contribution in [1.29, 1.82) is 0 Å². The molecule has 0 bridgehead atoms. The number of carbonyl (C=O) groups excluding carboxylic acids is 2. The molecule has 3 aromatic rings. The third-order valence-corrected chi connectivity index (χ3v) is 5.87. The van der Waals surface area contributed by atoms with Gasteiger partial charge in [-0.25, -0.2) is 4.79 Å². The number of rotatable bonds is 7. The second-order valence-electron chi connectivity index (χ2n) is 7.35. The lowest BCUT2D eigenvalue weighted by Gasteiger charge is -2.11. The van der Waals surface area contributed by atoms with Gasteiger partial charge in [-0.15, -0.1) is 0 Å². The van der Waals surface area contributed by atoms with E-state index in [0.29, 0.717) is 27.5 Å². The Balaban J connectivity index is 1.45. The Morgan fingerprint density at radius 3 is 2.43 bits per heavy atom. The number of carboxylic acids is 1. The number of hydrogen-bond acceptors (Lipinski definition) is 6. The molecule has 8 nitrogen and oxygen atoms in total. The molecule has 0 atom stereocenters. The molecule has 3 aromatic carbocycles. The van der Waals surface area contributed by atoms with E-state index in [4.69, 9.17) is 14.6 Å². The molecular weight excluding hydrogens is 468 g/mol. The van der Waals surface area contributed by atoms with Crippen LogP contribution >= 0.6 is 11.8 Å². The molecule has 0 aliphatic carbocycles. The van der Waals surface area contributed by atoms with Gasteiger partial charge in [0.25, 0.3) is 11.8 Å². The second-order valence-corrected chi connectivity index (χ2v) is 8.38. The first kappa shape index (κ1) is 23.8. The fraction of sp³-hybridized carbons (Fsp3) is 0.0769. The number of aliphatic imine (C=N–C) groups is 1. The predicted octanol–water partition coefficient (Wildman–Crippen LogP) is 4.37. The third kappa shape index (κ3) is 5.96. The van der Waals surface area contributed by atoms with Gasteiger partial charge >= 0.3 is 5.97 Å². The van der Waals surface area contributed by atoms with E-state index >= 15 is 0 Å². The van der Waals surface area contributed by atoms with Crippen molar-refractivity contribution in [3.05, 3.63) is 100.0 Å². The molecule has 0 radical (unpaired) electrons. The molecule has 1 fully saturated rings. The average Bonchev–Trinajstić information content (AvgIpc) is 3.21. The SMILES string of the molecule is COc1cc(/C=C2\SC(=NC(=O)c3ccccc3)NC2=O)ccc1OCc1ccc(C(=O)O)cc1. The summed E-state index contributed by atoms with van der Waals surface area (Å²) < 4.78 is 11.3. The van der Waals surface area contributed by atoms with Gasteiger partial charge in [0.05, 0.1) is 17.6 Å². The van der Waals surface area contributed by atoms with E-state index in [-0.39, 0.29) is 23.2 Å². The molecule has 0 unspecified atom stereocenters. The van der Waals surface area contributed by atoms with Gasteiger partial charge in [0.1, 0.15) is 6.61 Å². The van der Waals surface area contributed by atoms with E-state index in [1.165, 1.54) is 19.2 Å². The molecule has 1 saturated heterocycles. The van der Waals surface area contributed by atoms with Crippen molar-refractivity contribution in [2.45, 2.75) is 6.61 Å². The van der Waals surface area contributed by atoms with Gasteiger partial charge < -0.3 is 19.9 Å². The molecule has 4 rings (SSSR count). The summed E-state index contributed by atoms with van der Waals surface area (Å²) >= 11 is 1.08. The first-order valence-electron chi connectivity index (χ1n) is 10.4. The Morgan fingerprint density at radius 2 is 1.74 bits per heavy atom. The Labute approximate surface area is 205 Å². The molecule has 1 aliphatic rings. The van der Waals surface area contributed by atoms with Gasteiger partial charge in [0.15, 0.2) is 16.7 Å². The zero-order chi connectivity index (χ0) is 24.8. The number of carbonyl (C=O) groups is 3. The smallest absolute Gasteiger partial charge is 0.335 e. The topological polar surface area (TPSA) is 114 Å². The van der Waals surface area contributed by atoms with Crippen LogP contribution in [-0.4, -0.2) is 35.2 Å². The lowest BCUT2D eigenvalue weighted by atomic mass is 10.1. The van der Waals surface area contributed by atoms with Crippen molar-refractivity contribution in [3.63, 3.8) is 0 Å². The number of thioether (sulfide) groups is 1. The summed E-state index contributed by atoms with van der Waals surface area (Å²) in [4.78, 5) is 40.0. The predicted molar refractivity (Wildman–Crippen MR) is 133 cm³/mol. The minimum Gasteiger partial charge on any atom is -0.493 e. The van der Waals surface area contributed by atoms with Crippen LogP contribution in [0.2, 0.25) is 0 Å². The van der Waals surface area contributed by atoms with E-state index in [0.717, 1.165) is 17.3 Å². The number of ether oxygens (including phenoxy) is 2. The summed E-state index contributed by atoms with van der Waals surface area (Å²) in [6.45, 7) is 0.226. The Bertz CT molecular complexity index is 1330. The van der Waals surface area contributed by atoms with Crippen molar-refractivity contribution >= 4 is 40.8 Å². The highest BCUT2D eigenvalue weighted by Gasteiger charge is 2.25. The number of nitrogens with zero attached hydrogens (tertiary/aromatic N) is 1. The summed E-state index contributed by atoms with van der Waals surface area (Å²) in [6.07, 6.45) is 1.67. The van der Waals surface area contributed by atoms with Gasteiger partial charge in [-0.2, -0.15) is 4.99 Å². The monoisotopic (exact) mass is 488 g/mol. The van der Waals surface area contributed by atoms with Crippen LogP contribution in [0.15, 0.2) is 82.7 Å². The largest absolute Gasteiger partial charge is 0.493 e. The zero-order valence-corrected chi connectivity index (χ0v) is 19.4. The van der Waals surface area contributed by atoms with Crippen molar-refractivity contribution in [1.82, 2.24) is 5.32 Å². The number of carboxylic acid groups (broad SMARTS) is 1. The Hall–Kier alpha value is -4.37. The van der Waals surface area contributed by atoms with Crippen LogP contribution in [0.4, 0.5) is 0 Å². The maximum atomic E-state index is 12.4. The fourth-order valence-corrected chi connectivity index (χ4v) is 3.99. The third-order valence-electron chi connectivity index (χ3n) is 4.96. The maximum Gasteiger partial charge on any atom is 0.335 e. The van der Waals surface area contributed by atoms with Crippen LogP contribution < -0.4 is 14.8 Å². The van der Waals surface area contributed by atoms with Crippen molar-refractivity contribution < 1.29 is 29.0 Å². The molecule has 176 valence electrons. The molecule has 2 N–H and O–H groups in total. The van der Waals surface area contributed by atoms with Gasteiger partial charge in [0.2, 0.25) is 0 Å². The summed E-state index contributed by atoms with van der Waals surface area (Å²) in [7, 11) is 1.51. The minimum atomic E-state index is -0.987. The first-order chi connectivity index (χ1) is 16.9. The van der Waals surface area contributed by atoms with E-state index in [1.807, 2.05) is 0 Å². The Kier molecular flexibility index (Phi) is 7.27. The molecular formula is C26H20N2O6S. The molecule has 0 spiro atoms. The van der Waals surface area contributed by atoms with Crippen molar-refractivity contribution in [2.24, 2.45) is 4.99 Å². The number of benzene rings is 3. The molecule has 0 aromatic heterocycles. The number of hydrogen-bond donors (Lipinski definition) is 2. The first-order valence-corrected chi connectivity index (χ1v) is 11.3. The van der Waals surface area contributed by atoms with Crippen molar-refractivity contribution in [2.75, 3.05) is 7.11 Å². The normalized spacial score (nSPS) is 15.2. The maximum absolute atomic E-state index is 12.4. The molecule has 1 aliphatic heterocycles. The summed E-state index contributed by atoms with van der Waals surface area (Å²) in [5.41, 5.74) is 2.15. The van der Waals surface area contributed by atoms with E-state index < -0.39 is 11.9 Å². The highest BCUT2D eigenvalue weighted by atomic mass is 32.2. The molecule has 35 heavy (non-hydrogen) atoms. The molecule has 2 amide bonds. The average molecular weight is 489 g/mol. The lowest BCUT2D eigenvalue weighted by molar-refractivity contribution is -0.115. The van der Waals surface area contributed by atoms with Gasteiger partial charge in [-0.05, 0) is 65.4 Å². The van der Waals surface area contributed by atoms with Crippen LogP contribution in [-0.2, 0) is 11.4 Å². The number of aromatic carboxylic acids is 1. The quantitative estimate of drug-likeness (QED) is 0.475. The number of nitrogens with one attached hydrogen (secondary N) is 1. The highest BCUT2D eigenvalue weighted by molar-refractivity contribution is 8.18. The van der Waals surface area contributed by atoms with Crippen LogP contribution in [0.25, 0.3) is 6.08 Å². The van der Waals surface area contributed by atoms with Crippen LogP contribution in [0, 0.1) is 0 Å². The standard InChI is InChI=1S/C26H20N2O6S/c1-33-21-13-17(9-12-20(21)34-15-16-7-10-19(11-8-16)25(31)32)14-22-24(30)28-26(35-22)27-23(29)18-5-3-2-4-6-18/h2-14H,15H2,1H3,(H,31,32)(H,27,28,29,30)/b22-14-. The number of amidine groups is 1. The summed E-state index contributed by atoms with van der Waals surface area (Å²) in [5.74, 6) is -0.803. The minimum absolute atomic E-state index is 0.204. The van der Waals surface area contributed by atoms with E-state index in [1.54, 1.807) is 66.7 Å². The van der Waals surface area contributed by atoms with Crippen LogP contribution in [0.3, 0.4) is 0 Å². The second kappa shape index (κ2) is 10.7. The molecule has 9 heteroatoms. The van der Waals surface area contributed by atoms with Gasteiger partial charge in [-0.3, -0.25) is 9.59 Å². The van der Waals surface area contributed by atoms with Crippen molar-refractivity contribution in [3.8, 4) is 11.5 Å². The van der Waals surface area contributed by atoms with Crippen LogP contribution in [0.5, 0.6) is 11.5 Å². The van der Waals surface area contributed by atoms with E-state index in [9.17, 15) is 14.4 Å². The van der Waals surface area contributed by atoms with E-state index in [2.05, 4.69) is 10.3 Å². The van der Waals surface area contributed by atoms with Gasteiger partial charge in [-0.1, -0.05) is 36.4 Å². The zero-order valence-electron chi connectivity index (χ0n) is 18.6. The summed E-state index contributed by atoms with van der Waals surface area (Å²) in [6, 6.07) is 20.2. The fourth-order valence-electron chi connectivity index (χ4n) is 3.17. The molecule has 1 heterocycles. The summed E-state index contributed by atoms with van der Waals surface area (Å²) in [5, 5.41) is 11.8. The lowest BCUT2D eigenvalue weighted by Crippen LogP contribution is -2.20. The Morgan fingerprint density at radius 1 is 1.00 bits per heavy atom. The number of amides is 2. The van der Waals surface area contributed by atoms with Crippen LogP contribution in [0.1, 0.15) is 31.8 Å². The van der Waals surface area contributed by atoms with Gasteiger partial charge in [0, 0.05) is 5.56 Å².